The van der Waals surface area contributed by atoms with Gasteiger partial charge in [0.05, 0.1) is 21.1 Å². The molecule has 3 atom stereocenters. The van der Waals surface area contributed by atoms with Gasteiger partial charge in [-0.15, -0.1) is 11.3 Å². The zero-order chi connectivity index (χ0) is 20.8. The Morgan fingerprint density at radius 3 is 2.76 bits per heavy atom. The van der Waals surface area contributed by atoms with Crippen LogP contribution < -0.4 is 10.6 Å². The van der Waals surface area contributed by atoms with Crippen LogP contribution in [0.1, 0.15) is 56.9 Å². The van der Waals surface area contributed by atoms with Crippen LogP contribution >= 0.6 is 11.3 Å². The molecule has 0 bridgehead atoms. The van der Waals surface area contributed by atoms with Crippen molar-refractivity contribution in [1.82, 2.24) is 15.6 Å². The van der Waals surface area contributed by atoms with Crippen LogP contribution in [0.15, 0.2) is 24.3 Å². The first kappa shape index (κ1) is 21.2. The molecule has 0 saturated heterocycles. The lowest BCUT2D eigenvalue weighted by atomic mass is 9.79. The van der Waals surface area contributed by atoms with E-state index in [4.69, 9.17) is 9.72 Å². The van der Waals surface area contributed by atoms with Crippen molar-refractivity contribution >= 4 is 39.5 Å². The Labute approximate surface area is 174 Å². The van der Waals surface area contributed by atoms with Crippen LogP contribution in [-0.4, -0.2) is 35.5 Å². The lowest BCUT2D eigenvalue weighted by molar-refractivity contribution is -0.154. The number of fused-ring (bicyclic) bond motifs is 1. The summed E-state index contributed by atoms with van der Waals surface area (Å²) < 4.78 is 6.35. The Kier molecular flexibility index (Phi) is 7.19. The number of urea groups is 1. The summed E-state index contributed by atoms with van der Waals surface area (Å²) in [6, 6.07) is 7.32. The Morgan fingerprint density at radius 2 is 2.00 bits per heavy atom. The van der Waals surface area contributed by atoms with Crippen LogP contribution in [0, 0.1) is 5.92 Å². The summed E-state index contributed by atoms with van der Waals surface area (Å²) >= 11 is 1.61. The fourth-order valence-corrected chi connectivity index (χ4v) is 4.69. The van der Waals surface area contributed by atoms with Gasteiger partial charge in [0.25, 0.3) is 5.91 Å². The highest BCUT2D eigenvalue weighted by Crippen LogP contribution is 2.41. The number of ether oxygens (including phenoxy) is 1. The molecule has 7 nitrogen and oxygen atoms in total. The van der Waals surface area contributed by atoms with Gasteiger partial charge in [-0.2, -0.15) is 0 Å². The van der Waals surface area contributed by atoms with Gasteiger partial charge in [-0.25, -0.2) is 9.78 Å². The van der Waals surface area contributed by atoms with Crippen molar-refractivity contribution in [2.24, 2.45) is 5.92 Å². The highest BCUT2D eigenvalue weighted by atomic mass is 32.1. The molecule has 29 heavy (non-hydrogen) atoms. The minimum absolute atomic E-state index is 0.00501. The molecule has 0 aliphatic heterocycles. The van der Waals surface area contributed by atoms with Crippen molar-refractivity contribution < 1.29 is 19.1 Å². The third-order valence-corrected chi connectivity index (χ3v) is 6.45. The van der Waals surface area contributed by atoms with Crippen LogP contribution in [-0.2, 0) is 14.3 Å². The van der Waals surface area contributed by atoms with E-state index >= 15 is 0 Å². The number of nitrogens with one attached hydrogen (secondary N) is 2. The molecule has 0 spiro atoms. The second-order valence-electron chi connectivity index (χ2n) is 7.46. The lowest BCUT2D eigenvalue weighted by Crippen LogP contribution is -2.45. The molecular weight excluding hydrogens is 390 g/mol. The first-order valence-corrected chi connectivity index (χ1v) is 10.9. The van der Waals surface area contributed by atoms with Crippen molar-refractivity contribution in [3.05, 3.63) is 29.3 Å². The minimum atomic E-state index is -0.633. The second kappa shape index (κ2) is 9.82. The third-order valence-electron chi connectivity index (χ3n) is 5.28. The van der Waals surface area contributed by atoms with Crippen LogP contribution in [0.4, 0.5) is 4.79 Å². The van der Waals surface area contributed by atoms with E-state index in [0.717, 1.165) is 47.3 Å². The van der Waals surface area contributed by atoms with E-state index in [0.29, 0.717) is 0 Å². The van der Waals surface area contributed by atoms with Gasteiger partial charge in [0, 0.05) is 12.0 Å². The maximum Gasteiger partial charge on any atom is 0.321 e. The highest BCUT2D eigenvalue weighted by molar-refractivity contribution is 7.18. The van der Waals surface area contributed by atoms with Crippen molar-refractivity contribution in [2.45, 2.75) is 57.9 Å². The Morgan fingerprint density at radius 1 is 1.24 bits per heavy atom. The van der Waals surface area contributed by atoms with Crippen LogP contribution in [0.5, 0.6) is 0 Å². The van der Waals surface area contributed by atoms with E-state index in [1.54, 1.807) is 11.3 Å². The van der Waals surface area contributed by atoms with Crippen LogP contribution in [0.2, 0.25) is 0 Å². The summed E-state index contributed by atoms with van der Waals surface area (Å²) in [5, 5.41) is 5.77. The number of esters is 1. The molecule has 3 amide bonds. The Bertz CT molecular complexity index is 849. The molecule has 8 heteroatoms. The number of thiazole rings is 1. The zero-order valence-corrected chi connectivity index (χ0v) is 17.6. The SMILES string of the molecule is CC[C@@H](C)NC(=O)NC(=O)COC(=O)[C@@H]1CCCC[C@@H]1c1nc2ccccc2s1. The number of benzene rings is 1. The van der Waals surface area contributed by atoms with E-state index in [9.17, 15) is 14.4 Å². The van der Waals surface area contributed by atoms with E-state index in [2.05, 4.69) is 10.6 Å². The molecule has 0 radical (unpaired) electrons. The van der Waals surface area contributed by atoms with Gasteiger partial charge in [-0.05, 0) is 38.3 Å². The molecular formula is C21H27N3O4S. The number of hydrogen-bond acceptors (Lipinski definition) is 6. The molecule has 1 saturated carbocycles. The maximum absolute atomic E-state index is 12.7. The maximum atomic E-state index is 12.7. The molecule has 3 rings (SSSR count). The summed E-state index contributed by atoms with van der Waals surface area (Å²) in [4.78, 5) is 41.0. The van der Waals surface area contributed by atoms with Crippen LogP contribution in [0.3, 0.4) is 0 Å². The number of nitrogens with zero attached hydrogens (tertiary/aromatic N) is 1. The fourth-order valence-electron chi connectivity index (χ4n) is 3.53. The Hall–Kier alpha value is -2.48. The smallest absolute Gasteiger partial charge is 0.321 e. The molecule has 1 fully saturated rings. The molecule has 1 aliphatic carbocycles. The quantitative estimate of drug-likeness (QED) is 0.698. The topological polar surface area (TPSA) is 97.4 Å². The summed E-state index contributed by atoms with van der Waals surface area (Å²) in [6.45, 7) is 3.31. The summed E-state index contributed by atoms with van der Waals surface area (Å²) in [7, 11) is 0. The third kappa shape index (κ3) is 5.53. The predicted molar refractivity (Wildman–Crippen MR) is 112 cm³/mol. The van der Waals surface area contributed by atoms with Gasteiger partial charge >= 0.3 is 12.0 Å². The Balaban J connectivity index is 1.58. The summed E-state index contributed by atoms with van der Waals surface area (Å²) in [5.41, 5.74) is 0.942. The van der Waals surface area contributed by atoms with Crippen molar-refractivity contribution in [3.8, 4) is 0 Å². The lowest BCUT2D eigenvalue weighted by Gasteiger charge is -2.28. The first-order valence-electron chi connectivity index (χ1n) is 10.1. The molecule has 1 aliphatic rings. The van der Waals surface area contributed by atoms with Gasteiger partial charge in [0.15, 0.2) is 6.61 Å². The summed E-state index contributed by atoms with van der Waals surface area (Å²) in [5.74, 6) is -1.34. The van der Waals surface area contributed by atoms with E-state index < -0.39 is 24.5 Å². The van der Waals surface area contributed by atoms with E-state index in [1.165, 1.54) is 0 Å². The minimum Gasteiger partial charge on any atom is -0.455 e. The normalized spacial score (nSPS) is 20.1. The van der Waals surface area contributed by atoms with Gasteiger partial charge < -0.3 is 10.1 Å². The molecule has 1 aromatic carbocycles. The van der Waals surface area contributed by atoms with E-state index in [1.807, 2.05) is 38.1 Å². The second-order valence-corrected chi connectivity index (χ2v) is 8.52. The zero-order valence-electron chi connectivity index (χ0n) is 16.8. The average molecular weight is 418 g/mol. The first-order chi connectivity index (χ1) is 14.0. The summed E-state index contributed by atoms with van der Waals surface area (Å²) in [6.07, 6.45) is 4.34. The van der Waals surface area contributed by atoms with Crippen molar-refractivity contribution in [2.75, 3.05) is 6.61 Å². The molecule has 1 aromatic heterocycles. The number of hydrogen-bond donors (Lipinski definition) is 2. The number of para-hydroxylation sites is 1. The van der Waals surface area contributed by atoms with Gasteiger partial charge in [-0.3, -0.25) is 14.9 Å². The van der Waals surface area contributed by atoms with Gasteiger partial charge in [0.1, 0.15) is 0 Å². The monoisotopic (exact) mass is 417 g/mol. The van der Waals surface area contributed by atoms with Crippen molar-refractivity contribution in [3.63, 3.8) is 0 Å². The number of carbonyl (C=O) groups is 3. The number of rotatable bonds is 6. The standard InChI is InChI=1S/C21H27N3O4S/c1-3-13(2)22-21(27)24-18(25)12-28-20(26)15-9-5-4-8-14(15)19-23-16-10-6-7-11-17(16)29-19/h6-7,10-11,13-15H,3-5,8-9,12H2,1-2H3,(H2,22,24,25,27)/t13-,14+,15-/m1/s1. The molecule has 156 valence electrons. The van der Waals surface area contributed by atoms with Crippen molar-refractivity contribution in [1.29, 1.82) is 0 Å². The number of aromatic nitrogens is 1. The number of amides is 3. The predicted octanol–water partition coefficient (Wildman–Crippen LogP) is 3.74. The average Bonchev–Trinajstić information content (AvgIpc) is 3.16. The highest BCUT2D eigenvalue weighted by Gasteiger charge is 2.35. The molecule has 0 unspecified atom stereocenters. The largest absolute Gasteiger partial charge is 0.455 e. The van der Waals surface area contributed by atoms with Gasteiger partial charge in [0.2, 0.25) is 0 Å². The van der Waals surface area contributed by atoms with Crippen LogP contribution in [0.25, 0.3) is 10.2 Å². The van der Waals surface area contributed by atoms with Gasteiger partial charge in [-0.1, -0.05) is 31.9 Å². The molecule has 2 N–H and O–H groups in total. The molecule has 2 aromatic rings. The number of carbonyl (C=O) groups excluding carboxylic acids is 3. The number of imide groups is 1. The van der Waals surface area contributed by atoms with E-state index in [-0.39, 0.29) is 17.9 Å². The fraction of sp³-hybridized carbons (Fsp3) is 0.524. The molecule has 1 heterocycles.